The Morgan fingerprint density at radius 2 is 1.78 bits per heavy atom. The third kappa shape index (κ3) is 9.59. The highest BCUT2D eigenvalue weighted by Gasteiger charge is 2.42. The summed E-state index contributed by atoms with van der Waals surface area (Å²) in [7, 11) is 0. The molecular formula is C32H56ClFO2. The van der Waals surface area contributed by atoms with Crippen LogP contribution in [0.4, 0.5) is 4.39 Å². The van der Waals surface area contributed by atoms with E-state index >= 15 is 0 Å². The molecule has 1 aliphatic carbocycles. The number of aliphatic hydroxyl groups excluding tert-OH is 2. The monoisotopic (exact) mass is 526 g/mol. The highest BCUT2D eigenvalue weighted by molar-refractivity contribution is 6.20. The van der Waals surface area contributed by atoms with Gasteiger partial charge in [0.25, 0.3) is 0 Å². The van der Waals surface area contributed by atoms with Crippen LogP contribution in [0, 0.1) is 34.5 Å². The molecule has 0 saturated heterocycles. The van der Waals surface area contributed by atoms with Crippen LogP contribution in [0.15, 0.2) is 36.2 Å². The van der Waals surface area contributed by atoms with Gasteiger partial charge in [-0.25, -0.2) is 4.39 Å². The summed E-state index contributed by atoms with van der Waals surface area (Å²) >= 11 is 6.37. The summed E-state index contributed by atoms with van der Waals surface area (Å²) in [5, 5.41) is 22.8. The summed E-state index contributed by atoms with van der Waals surface area (Å²) in [4.78, 5) is 0. The lowest BCUT2D eigenvalue weighted by Crippen LogP contribution is -2.40. The van der Waals surface area contributed by atoms with Crippen molar-refractivity contribution >= 4 is 11.6 Å². The lowest BCUT2D eigenvalue weighted by atomic mass is 9.59. The molecule has 36 heavy (non-hydrogen) atoms. The molecule has 0 bridgehead atoms. The number of hydrogen-bond donors (Lipinski definition) is 2. The molecule has 0 amide bonds. The van der Waals surface area contributed by atoms with Crippen molar-refractivity contribution in [2.45, 2.75) is 131 Å². The minimum Gasteiger partial charge on any atom is -0.392 e. The molecule has 4 heteroatoms. The van der Waals surface area contributed by atoms with Gasteiger partial charge in [0.15, 0.2) is 0 Å². The van der Waals surface area contributed by atoms with Crippen LogP contribution in [-0.2, 0) is 0 Å². The maximum atomic E-state index is 13.7. The minimum absolute atomic E-state index is 0.00863. The molecule has 1 rings (SSSR count). The molecule has 210 valence electrons. The minimum atomic E-state index is -0.741. The predicted octanol–water partition coefficient (Wildman–Crippen LogP) is 9.40. The third-order valence-electron chi connectivity index (χ3n) is 9.19. The van der Waals surface area contributed by atoms with Crippen molar-refractivity contribution in [3.63, 3.8) is 0 Å². The SMILES string of the molecule is C=C(C(O)CC(C)C/C(F)=C\C)[C@H](C(C)C)C(O)C1CCCC(C)(C)[C@@](C)(/C=C/CC(Cl)CC)CC1. The third-order valence-corrected chi connectivity index (χ3v) is 9.67. The normalized spacial score (nSPS) is 27.8. The number of hydrogen-bond acceptors (Lipinski definition) is 2. The Hall–Kier alpha value is -0.640. The van der Waals surface area contributed by atoms with E-state index < -0.39 is 12.2 Å². The van der Waals surface area contributed by atoms with Gasteiger partial charge in [-0.2, -0.15) is 0 Å². The highest BCUT2D eigenvalue weighted by Crippen LogP contribution is 2.51. The average molecular weight is 527 g/mol. The predicted molar refractivity (Wildman–Crippen MR) is 155 cm³/mol. The molecule has 0 radical (unpaired) electrons. The fraction of sp³-hybridized carbons (Fsp3) is 0.812. The Bertz CT molecular complexity index is 728. The van der Waals surface area contributed by atoms with Gasteiger partial charge in [0.2, 0.25) is 0 Å². The fourth-order valence-corrected chi connectivity index (χ4v) is 6.08. The molecule has 2 nitrogen and oxygen atoms in total. The molecule has 0 aliphatic heterocycles. The van der Waals surface area contributed by atoms with E-state index in [2.05, 4.69) is 60.3 Å². The molecule has 0 aromatic carbocycles. The first-order valence-corrected chi connectivity index (χ1v) is 14.8. The molecule has 0 aromatic rings. The van der Waals surface area contributed by atoms with Crippen molar-refractivity contribution in [1.29, 1.82) is 0 Å². The lowest BCUT2D eigenvalue weighted by Gasteiger charge is -2.47. The van der Waals surface area contributed by atoms with Gasteiger partial charge in [0.05, 0.1) is 18.0 Å². The number of rotatable bonds is 13. The maximum absolute atomic E-state index is 13.7. The maximum Gasteiger partial charge on any atom is 0.0959 e. The molecule has 2 N–H and O–H groups in total. The van der Waals surface area contributed by atoms with Crippen LogP contribution in [0.3, 0.4) is 0 Å². The molecule has 7 atom stereocenters. The van der Waals surface area contributed by atoms with Crippen molar-refractivity contribution in [3.05, 3.63) is 36.2 Å². The Labute approximate surface area is 227 Å². The van der Waals surface area contributed by atoms with Crippen LogP contribution in [0.5, 0.6) is 0 Å². The second kappa shape index (κ2) is 15.1. The molecule has 1 fully saturated rings. The largest absolute Gasteiger partial charge is 0.392 e. The van der Waals surface area contributed by atoms with Crippen LogP contribution in [0.2, 0.25) is 0 Å². The van der Waals surface area contributed by atoms with E-state index in [-0.39, 0.29) is 45.7 Å². The lowest BCUT2D eigenvalue weighted by molar-refractivity contribution is 0.00264. The summed E-state index contributed by atoms with van der Waals surface area (Å²) in [6, 6.07) is 0. The van der Waals surface area contributed by atoms with E-state index in [0.717, 1.165) is 44.9 Å². The Kier molecular flexibility index (Phi) is 14.0. The van der Waals surface area contributed by atoms with E-state index in [1.807, 2.05) is 6.92 Å². The Morgan fingerprint density at radius 3 is 2.33 bits per heavy atom. The van der Waals surface area contributed by atoms with Crippen LogP contribution in [-0.4, -0.2) is 27.8 Å². The van der Waals surface area contributed by atoms with Crippen molar-refractivity contribution in [2.75, 3.05) is 0 Å². The van der Waals surface area contributed by atoms with Crippen molar-refractivity contribution in [1.82, 2.24) is 0 Å². The zero-order valence-corrected chi connectivity index (χ0v) is 25.3. The standard InChI is InChI=1S/C32H56ClFO2/c1-10-26(33)15-13-18-32(9)19-16-25(14-12-17-31(32,7)8)30(36)29(22(3)4)24(6)28(35)21-23(5)20-27(34)11-2/h11,13,18,22-23,25-26,28-30,35-36H,6,10,12,14-17,19-21H2,1-5,7-9H3/b18-13+,27-11+/t23?,25?,26?,28?,29-,30?,32-/m0/s1. The van der Waals surface area contributed by atoms with Gasteiger partial charge in [-0.3, -0.25) is 0 Å². The van der Waals surface area contributed by atoms with Crippen LogP contribution < -0.4 is 0 Å². The first-order chi connectivity index (χ1) is 16.7. The summed E-state index contributed by atoms with van der Waals surface area (Å²) in [6.45, 7) is 21.3. The number of alkyl halides is 1. The second-order valence-electron chi connectivity index (χ2n) is 12.8. The molecule has 0 heterocycles. The topological polar surface area (TPSA) is 40.5 Å². The second-order valence-corrected chi connectivity index (χ2v) is 13.4. The van der Waals surface area contributed by atoms with Crippen LogP contribution in [0.25, 0.3) is 0 Å². The molecule has 0 spiro atoms. The van der Waals surface area contributed by atoms with Crippen molar-refractivity contribution in [2.24, 2.45) is 34.5 Å². The van der Waals surface area contributed by atoms with Gasteiger partial charge in [-0.15, -0.1) is 11.6 Å². The molecule has 5 unspecified atom stereocenters. The Morgan fingerprint density at radius 1 is 1.14 bits per heavy atom. The number of allylic oxidation sites excluding steroid dienone is 4. The van der Waals surface area contributed by atoms with Gasteiger partial charge in [0.1, 0.15) is 0 Å². The molecule has 0 aromatic heterocycles. The highest BCUT2D eigenvalue weighted by atomic mass is 35.5. The molecular weight excluding hydrogens is 471 g/mol. The first-order valence-electron chi connectivity index (χ1n) is 14.4. The number of aliphatic hydroxyl groups is 2. The van der Waals surface area contributed by atoms with E-state index in [0.29, 0.717) is 18.4 Å². The summed E-state index contributed by atoms with van der Waals surface area (Å²) < 4.78 is 13.7. The molecule has 1 saturated carbocycles. The van der Waals surface area contributed by atoms with Crippen molar-refractivity contribution in [3.8, 4) is 0 Å². The van der Waals surface area contributed by atoms with Crippen LogP contribution in [0.1, 0.15) is 113 Å². The van der Waals surface area contributed by atoms with E-state index in [1.165, 1.54) is 6.08 Å². The summed E-state index contributed by atoms with van der Waals surface area (Å²) in [5.41, 5.74) is 0.901. The van der Waals surface area contributed by atoms with Gasteiger partial charge < -0.3 is 10.2 Å². The van der Waals surface area contributed by atoms with Crippen molar-refractivity contribution < 1.29 is 14.6 Å². The average Bonchev–Trinajstić information content (AvgIpc) is 2.79. The zero-order valence-electron chi connectivity index (χ0n) is 24.5. The summed E-state index contributed by atoms with van der Waals surface area (Å²) in [6.07, 6.45) is 12.6. The number of halogens is 2. The van der Waals surface area contributed by atoms with E-state index in [1.54, 1.807) is 6.92 Å². The smallest absolute Gasteiger partial charge is 0.0959 e. The quantitative estimate of drug-likeness (QED) is 0.185. The van der Waals surface area contributed by atoms with Gasteiger partial charge >= 0.3 is 0 Å². The van der Waals surface area contributed by atoms with E-state index in [4.69, 9.17) is 11.6 Å². The van der Waals surface area contributed by atoms with Crippen LogP contribution >= 0.6 is 11.6 Å². The first kappa shape index (κ1) is 33.4. The zero-order chi connectivity index (χ0) is 27.7. The van der Waals surface area contributed by atoms with Gasteiger partial charge in [-0.05, 0) is 86.0 Å². The Balaban J connectivity index is 3.01. The fourth-order valence-electron chi connectivity index (χ4n) is 5.98. The van der Waals surface area contributed by atoms with E-state index in [9.17, 15) is 14.6 Å². The van der Waals surface area contributed by atoms with Gasteiger partial charge in [0, 0.05) is 17.7 Å². The van der Waals surface area contributed by atoms with Gasteiger partial charge in [-0.1, -0.05) is 79.7 Å². The summed E-state index contributed by atoms with van der Waals surface area (Å²) in [5.74, 6) is 0.00696. The molecule has 1 aliphatic rings.